The molecule has 23 heavy (non-hydrogen) atoms. The lowest BCUT2D eigenvalue weighted by atomic mass is 10.1. The Morgan fingerprint density at radius 2 is 1.78 bits per heavy atom. The molecule has 1 aromatic carbocycles. The number of anilines is 2. The zero-order valence-corrected chi connectivity index (χ0v) is 14.0. The van der Waals surface area contributed by atoms with E-state index in [2.05, 4.69) is 20.6 Å². The van der Waals surface area contributed by atoms with Crippen LogP contribution in [0.25, 0.3) is 0 Å². The molecular weight excluding hydrogens is 314 g/mol. The second kappa shape index (κ2) is 7.38. The van der Waals surface area contributed by atoms with E-state index in [-0.39, 0.29) is 4.90 Å². The van der Waals surface area contributed by atoms with Crippen molar-refractivity contribution in [2.45, 2.75) is 31.2 Å². The molecule has 0 saturated carbocycles. The van der Waals surface area contributed by atoms with E-state index < -0.39 is 10.0 Å². The Hall–Kier alpha value is -2.19. The lowest BCUT2D eigenvalue weighted by Gasteiger charge is -2.10. The molecular formula is C15H21N5O2S. The minimum absolute atomic E-state index is 0.120. The third-order valence-corrected chi connectivity index (χ3v) is 4.00. The number of nitrogens with one attached hydrogen (secondary N) is 2. The van der Waals surface area contributed by atoms with Crippen molar-refractivity contribution in [2.75, 3.05) is 17.2 Å². The predicted molar refractivity (Wildman–Crippen MR) is 90.8 cm³/mol. The molecule has 2 rings (SSSR count). The highest BCUT2D eigenvalue weighted by atomic mass is 32.2. The van der Waals surface area contributed by atoms with Crippen LogP contribution < -0.4 is 15.8 Å². The Kier molecular flexibility index (Phi) is 5.51. The fraction of sp³-hybridized carbons (Fsp3) is 0.333. The average Bonchev–Trinajstić information content (AvgIpc) is 2.46. The zero-order valence-electron chi connectivity index (χ0n) is 13.2. The van der Waals surface area contributed by atoms with Gasteiger partial charge in [0.2, 0.25) is 10.0 Å². The van der Waals surface area contributed by atoms with Gasteiger partial charge in [0.25, 0.3) is 0 Å². The first-order chi connectivity index (χ1) is 10.8. The van der Waals surface area contributed by atoms with E-state index in [1.807, 2.05) is 19.9 Å². The van der Waals surface area contributed by atoms with Crippen LogP contribution in [0.5, 0.6) is 0 Å². The number of rotatable bonds is 7. The topological polar surface area (TPSA) is 110 Å². The van der Waals surface area contributed by atoms with Crippen LogP contribution in [0.3, 0.4) is 0 Å². The first kappa shape index (κ1) is 17.2. The van der Waals surface area contributed by atoms with Crippen LogP contribution in [-0.4, -0.2) is 31.0 Å². The van der Waals surface area contributed by atoms with Gasteiger partial charge in [-0.05, 0) is 38.0 Å². The van der Waals surface area contributed by atoms with E-state index in [1.165, 1.54) is 18.5 Å². The molecule has 0 fully saturated rings. The normalized spacial score (nSPS) is 11.5. The monoisotopic (exact) mass is 335 g/mol. The Balaban J connectivity index is 1.90. The molecule has 124 valence electrons. The Morgan fingerprint density at radius 1 is 1.13 bits per heavy atom. The van der Waals surface area contributed by atoms with Crippen molar-refractivity contribution in [3.63, 3.8) is 0 Å². The van der Waals surface area contributed by atoms with E-state index in [0.717, 1.165) is 23.6 Å². The largest absolute Gasteiger partial charge is 0.370 e. The smallest absolute Gasteiger partial charge is 0.238 e. The van der Waals surface area contributed by atoms with E-state index in [1.54, 1.807) is 12.1 Å². The molecule has 0 unspecified atom stereocenters. The second-order valence-electron chi connectivity index (χ2n) is 5.45. The molecule has 4 N–H and O–H groups in total. The van der Waals surface area contributed by atoms with Gasteiger partial charge in [0.1, 0.15) is 18.0 Å². The molecule has 1 heterocycles. The summed E-state index contributed by atoms with van der Waals surface area (Å²) in [5.74, 6) is 1.51. The fourth-order valence-corrected chi connectivity index (χ4v) is 2.52. The summed E-state index contributed by atoms with van der Waals surface area (Å²) in [6.45, 7) is 4.76. The molecule has 0 aliphatic heterocycles. The summed E-state index contributed by atoms with van der Waals surface area (Å²) in [4.78, 5) is 8.43. The van der Waals surface area contributed by atoms with Crippen molar-refractivity contribution < 1.29 is 8.42 Å². The molecule has 0 spiro atoms. The van der Waals surface area contributed by atoms with Crippen LogP contribution >= 0.6 is 0 Å². The van der Waals surface area contributed by atoms with Crippen molar-refractivity contribution in [3.8, 4) is 0 Å². The Bertz CT molecular complexity index is 745. The highest BCUT2D eigenvalue weighted by Crippen LogP contribution is 2.11. The SMILES string of the molecule is CC(C)Nc1cc(NCCc2ccc(S(N)(=O)=O)cc2)ncn1. The van der Waals surface area contributed by atoms with Crippen molar-refractivity contribution in [3.05, 3.63) is 42.2 Å². The lowest BCUT2D eigenvalue weighted by Crippen LogP contribution is -2.13. The Labute approximate surface area is 136 Å². The third kappa shape index (κ3) is 5.50. The summed E-state index contributed by atoms with van der Waals surface area (Å²) < 4.78 is 22.4. The van der Waals surface area contributed by atoms with Gasteiger partial charge in [-0.1, -0.05) is 12.1 Å². The maximum atomic E-state index is 11.2. The Morgan fingerprint density at radius 3 is 2.39 bits per heavy atom. The molecule has 8 heteroatoms. The van der Waals surface area contributed by atoms with E-state index in [9.17, 15) is 8.42 Å². The van der Waals surface area contributed by atoms with Gasteiger partial charge in [-0.25, -0.2) is 23.5 Å². The molecule has 0 aliphatic carbocycles. The number of benzene rings is 1. The van der Waals surface area contributed by atoms with Crippen LogP contribution in [0.15, 0.2) is 41.6 Å². The summed E-state index contributed by atoms with van der Waals surface area (Å²) in [5, 5.41) is 11.5. The first-order valence-electron chi connectivity index (χ1n) is 7.29. The standard InChI is InChI=1S/C15H21N5O2S/c1-11(2)20-15-9-14(18-10-19-15)17-8-7-12-3-5-13(6-4-12)23(16,21)22/h3-6,9-11H,7-8H2,1-2H3,(H2,16,21,22)(H2,17,18,19,20). The molecule has 0 saturated heterocycles. The molecule has 7 nitrogen and oxygen atoms in total. The van der Waals surface area contributed by atoms with Gasteiger partial charge in [0.15, 0.2) is 0 Å². The molecule has 0 radical (unpaired) electrons. The number of primary sulfonamides is 1. The highest BCUT2D eigenvalue weighted by Gasteiger charge is 2.06. The van der Waals surface area contributed by atoms with E-state index in [0.29, 0.717) is 12.6 Å². The first-order valence-corrected chi connectivity index (χ1v) is 8.83. The van der Waals surface area contributed by atoms with Gasteiger partial charge in [0.05, 0.1) is 4.90 Å². The third-order valence-electron chi connectivity index (χ3n) is 3.08. The van der Waals surface area contributed by atoms with Gasteiger partial charge in [0, 0.05) is 18.7 Å². The maximum absolute atomic E-state index is 11.2. The van der Waals surface area contributed by atoms with Crippen molar-refractivity contribution in [1.82, 2.24) is 9.97 Å². The number of aromatic nitrogens is 2. The van der Waals surface area contributed by atoms with E-state index in [4.69, 9.17) is 5.14 Å². The summed E-state index contributed by atoms with van der Waals surface area (Å²) >= 11 is 0. The van der Waals surface area contributed by atoms with Crippen LogP contribution in [0.2, 0.25) is 0 Å². The molecule has 0 atom stereocenters. The fourth-order valence-electron chi connectivity index (χ4n) is 2.01. The van der Waals surface area contributed by atoms with Crippen LogP contribution in [0, 0.1) is 0 Å². The van der Waals surface area contributed by atoms with Gasteiger partial charge in [-0.15, -0.1) is 0 Å². The van der Waals surface area contributed by atoms with Crippen LogP contribution in [0.1, 0.15) is 19.4 Å². The molecule has 0 amide bonds. The van der Waals surface area contributed by atoms with E-state index >= 15 is 0 Å². The summed E-state index contributed by atoms with van der Waals surface area (Å²) in [6, 6.07) is 8.69. The van der Waals surface area contributed by atoms with Crippen molar-refractivity contribution >= 4 is 21.7 Å². The number of hydrogen-bond acceptors (Lipinski definition) is 6. The zero-order chi connectivity index (χ0) is 16.9. The number of nitrogens with two attached hydrogens (primary N) is 1. The molecule has 2 aromatic rings. The molecule has 0 bridgehead atoms. The van der Waals surface area contributed by atoms with Crippen molar-refractivity contribution in [1.29, 1.82) is 0 Å². The van der Waals surface area contributed by atoms with Gasteiger partial charge in [-0.3, -0.25) is 0 Å². The van der Waals surface area contributed by atoms with Gasteiger partial charge in [-0.2, -0.15) is 0 Å². The maximum Gasteiger partial charge on any atom is 0.238 e. The quantitative estimate of drug-likeness (QED) is 0.709. The van der Waals surface area contributed by atoms with Gasteiger partial charge < -0.3 is 10.6 Å². The highest BCUT2D eigenvalue weighted by molar-refractivity contribution is 7.89. The number of sulfonamides is 1. The minimum Gasteiger partial charge on any atom is -0.370 e. The second-order valence-corrected chi connectivity index (χ2v) is 7.01. The predicted octanol–water partition coefficient (Wildman–Crippen LogP) is 1.60. The number of nitrogens with zero attached hydrogens (tertiary/aromatic N) is 2. The van der Waals surface area contributed by atoms with Gasteiger partial charge >= 0.3 is 0 Å². The lowest BCUT2D eigenvalue weighted by molar-refractivity contribution is 0.598. The minimum atomic E-state index is -3.64. The summed E-state index contributed by atoms with van der Waals surface area (Å²) in [5.41, 5.74) is 1.01. The summed E-state index contributed by atoms with van der Waals surface area (Å²) in [6.07, 6.45) is 2.25. The van der Waals surface area contributed by atoms with Crippen molar-refractivity contribution in [2.24, 2.45) is 5.14 Å². The summed E-state index contributed by atoms with van der Waals surface area (Å²) in [7, 11) is -3.64. The average molecular weight is 335 g/mol. The van der Waals surface area contributed by atoms with Crippen LogP contribution in [0.4, 0.5) is 11.6 Å². The molecule has 0 aliphatic rings. The number of hydrogen-bond donors (Lipinski definition) is 3. The molecule has 1 aromatic heterocycles. The van der Waals surface area contributed by atoms with Crippen LogP contribution in [-0.2, 0) is 16.4 Å².